The minimum Gasteiger partial charge on any atom is -0.481 e. The fourth-order valence-corrected chi connectivity index (χ4v) is 3.42. The number of aryl methyl sites for hydroxylation is 1. The number of amides is 1. The van der Waals surface area contributed by atoms with Gasteiger partial charge in [0.05, 0.1) is 19.2 Å². The van der Waals surface area contributed by atoms with Crippen molar-refractivity contribution in [2.24, 2.45) is 5.92 Å². The van der Waals surface area contributed by atoms with Crippen molar-refractivity contribution in [1.29, 1.82) is 0 Å². The van der Waals surface area contributed by atoms with Crippen LogP contribution >= 0.6 is 0 Å². The standard InChI is InChI=1S/C17H28N4O4/c22-12-14-11-21(20-19-14)9-5-1-2-8-16(23)18-15(10-17(24)25)13-6-3-4-7-13/h11,13,15,22H,1-10,12H2,(H,18,23)(H,24,25). The van der Waals surface area contributed by atoms with Crippen LogP contribution in [0.1, 0.15) is 63.5 Å². The van der Waals surface area contributed by atoms with Gasteiger partial charge in [0, 0.05) is 19.0 Å². The van der Waals surface area contributed by atoms with E-state index in [1.807, 2.05) is 0 Å². The number of carbonyl (C=O) groups excluding carboxylic acids is 1. The molecule has 0 aromatic carbocycles. The number of aromatic nitrogens is 3. The molecule has 1 fully saturated rings. The molecule has 0 saturated heterocycles. The third-order valence-corrected chi connectivity index (χ3v) is 4.75. The Balaban J connectivity index is 1.63. The molecule has 1 unspecified atom stereocenters. The average molecular weight is 352 g/mol. The Morgan fingerprint density at radius 2 is 2.04 bits per heavy atom. The van der Waals surface area contributed by atoms with Gasteiger partial charge in [-0.2, -0.15) is 0 Å². The summed E-state index contributed by atoms with van der Waals surface area (Å²) >= 11 is 0. The lowest BCUT2D eigenvalue weighted by atomic mass is 9.95. The highest BCUT2D eigenvalue weighted by Crippen LogP contribution is 2.29. The first kappa shape index (κ1) is 19.4. The predicted molar refractivity (Wildman–Crippen MR) is 90.6 cm³/mol. The van der Waals surface area contributed by atoms with E-state index in [-0.39, 0.29) is 25.0 Å². The molecule has 25 heavy (non-hydrogen) atoms. The Hall–Kier alpha value is -1.96. The van der Waals surface area contributed by atoms with Crippen LogP contribution in [0, 0.1) is 5.92 Å². The van der Waals surface area contributed by atoms with Crippen molar-refractivity contribution >= 4 is 11.9 Å². The summed E-state index contributed by atoms with van der Waals surface area (Å²) in [4.78, 5) is 23.1. The summed E-state index contributed by atoms with van der Waals surface area (Å²) in [5.74, 6) is -0.609. The van der Waals surface area contributed by atoms with E-state index in [2.05, 4.69) is 15.6 Å². The molecule has 1 aliphatic carbocycles. The van der Waals surface area contributed by atoms with E-state index in [0.29, 0.717) is 24.6 Å². The zero-order valence-electron chi connectivity index (χ0n) is 14.6. The van der Waals surface area contributed by atoms with Crippen LogP contribution in [0.15, 0.2) is 6.20 Å². The summed E-state index contributed by atoms with van der Waals surface area (Å²) in [5.41, 5.74) is 0.552. The van der Waals surface area contributed by atoms with Gasteiger partial charge in [-0.1, -0.05) is 24.5 Å². The Bertz CT molecular complexity index is 555. The number of aliphatic hydroxyl groups is 1. The van der Waals surface area contributed by atoms with E-state index < -0.39 is 5.97 Å². The largest absolute Gasteiger partial charge is 0.481 e. The van der Waals surface area contributed by atoms with Crippen LogP contribution < -0.4 is 5.32 Å². The number of nitrogens with one attached hydrogen (secondary N) is 1. The second-order valence-corrected chi connectivity index (χ2v) is 6.76. The van der Waals surface area contributed by atoms with E-state index in [1.165, 1.54) is 0 Å². The molecule has 1 aromatic heterocycles. The molecule has 1 atom stereocenters. The van der Waals surface area contributed by atoms with E-state index in [1.54, 1.807) is 10.9 Å². The Morgan fingerprint density at radius 3 is 2.68 bits per heavy atom. The van der Waals surface area contributed by atoms with Gasteiger partial charge in [-0.25, -0.2) is 0 Å². The summed E-state index contributed by atoms with van der Waals surface area (Å²) in [5, 5.41) is 28.6. The summed E-state index contributed by atoms with van der Waals surface area (Å²) in [6, 6.07) is -0.237. The maximum absolute atomic E-state index is 12.1. The van der Waals surface area contributed by atoms with Gasteiger partial charge in [0.2, 0.25) is 5.91 Å². The van der Waals surface area contributed by atoms with Gasteiger partial charge in [-0.05, 0) is 31.6 Å². The highest BCUT2D eigenvalue weighted by molar-refractivity contribution is 5.77. The van der Waals surface area contributed by atoms with E-state index in [0.717, 1.165) is 44.9 Å². The molecule has 1 saturated carbocycles. The average Bonchev–Trinajstić information content (AvgIpc) is 3.25. The van der Waals surface area contributed by atoms with Gasteiger partial charge >= 0.3 is 5.97 Å². The van der Waals surface area contributed by atoms with E-state index in [9.17, 15) is 9.59 Å². The first-order valence-electron chi connectivity index (χ1n) is 9.09. The van der Waals surface area contributed by atoms with Crippen molar-refractivity contribution in [3.8, 4) is 0 Å². The predicted octanol–water partition coefficient (Wildman–Crippen LogP) is 1.48. The lowest BCUT2D eigenvalue weighted by Gasteiger charge is -2.23. The molecule has 0 radical (unpaired) electrons. The zero-order valence-corrected chi connectivity index (χ0v) is 14.6. The molecule has 140 valence electrons. The molecule has 1 heterocycles. The molecule has 0 bridgehead atoms. The molecule has 0 spiro atoms. The van der Waals surface area contributed by atoms with Crippen molar-refractivity contribution < 1.29 is 19.8 Å². The first-order valence-corrected chi connectivity index (χ1v) is 9.09. The van der Waals surface area contributed by atoms with Gasteiger partial charge in [-0.15, -0.1) is 5.10 Å². The molecule has 0 aliphatic heterocycles. The maximum Gasteiger partial charge on any atom is 0.305 e. The van der Waals surface area contributed by atoms with E-state index in [4.69, 9.17) is 10.2 Å². The fraction of sp³-hybridized carbons (Fsp3) is 0.765. The van der Waals surface area contributed by atoms with Crippen LogP contribution in [0.5, 0.6) is 0 Å². The number of aliphatic hydroxyl groups excluding tert-OH is 1. The number of hydrogen-bond donors (Lipinski definition) is 3. The quantitative estimate of drug-likeness (QED) is 0.519. The molecule has 3 N–H and O–H groups in total. The van der Waals surface area contributed by atoms with Crippen molar-refractivity contribution in [2.75, 3.05) is 0 Å². The van der Waals surface area contributed by atoms with Crippen molar-refractivity contribution in [1.82, 2.24) is 20.3 Å². The Kier molecular flexibility index (Phi) is 7.84. The van der Waals surface area contributed by atoms with Crippen LogP contribution in [-0.2, 0) is 22.7 Å². The molecule has 8 heteroatoms. The number of carbonyl (C=O) groups is 2. The molecular formula is C17H28N4O4. The van der Waals surface area contributed by atoms with Crippen LogP contribution in [-0.4, -0.2) is 43.1 Å². The number of carboxylic acids is 1. The van der Waals surface area contributed by atoms with Gasteiger partial charge < -0.3 is 15.5 Å². The third-order valence-electron chi connectivity index (χ3n) is 4.75. The first-order chi connectivity index (χ1) is 12.1. The fourth-order valence-electron chi connectivity index (χ4n) is 3.42. The molecular weight excluding hydrogens is 324 g/mol. The number of hydrogen-bond acceptors (Lipinski definition) is 5. The van der Waals surface area contributed by atoms with Crippen molar-refractivity contribution in [2.45, 2.75) is 77.0 Å². The highest BCUT2D eigenvalue weighted by Gasteiger charge is 2.27. The van der Waals surface area contributed by atoms with Gasteiger partial charge in [0.25, 0.3) is 0 Å². The van der Waals surface area contributed by atoms with Gasteiger partial charge in [0.15, 0.2) is 0 Å². The Morgan fingerprint density at radius 1 is 1.28 bits per heavy atom. The summed E-state index contributed by atoms with van der Waals surface area (Å²) in [6.45, 7) is 0.594. The number of nitrogens with zero attached hydrogens (tertiary/aromatic N) is 3. The minimum atomic E-state index is -0.854. The highest BCUT2D eigenvalue weighted by atomic mass is 16.4. The topological polar surface area (TPSA) is 117 Å². The number of carboxylic acid groups (broad SMARTS) is 1. The third kappa shape index (κ3) is 6.81. The van der Waals surface area contributed by atoms with Crippen molar-refractivity contribution in [3.63, 3.8) is 0 Å². The van der Waals surface area contributed by atoms with Crippen LogP contribution in [0.2, 0.25) is 0 Å². The van der Waals surface area contributed by atoms with E-state index >= 15 is 0 Å². The zero-order chi connectivity index (χ0) is 18.1. The lowest BCUT2D eigenvalue weighted by Crippen LogP contribution is -2.41. The second kappa shape index (κ2) is 10.1. The number of aliphatic carboxylic acids is 1. The maximum atomic E-state index is 12.1. The minimum absolute atomic E-state index is 0.00982. The molecule has 8 nitrogen and oxygen atoms in total. The normalized spacial score (nSPS) is 16.0. The monoisotopic (exact) mass is 352 g/mol. The van der Waals surface area contributed by atoms with Gasteiger partial charge in [0.1, 0.15) is 5.69 Å². The summed E-state index contributed by atoms with van der Waals surface area (Å²) in [6.07, 6.45) is 8.92. The number of rotatable bonds is 11. The Labute approximate surface area is 147 Å². The summed E-state index contributed by atoms with van der Waals surface area (Å²) < 4.78 is 1.69. The van der Waals surface area contributed by atoms with Crippen LogP contribution in [0.3, 0.4) is 0 Å². The second-order valence-electron chi connectivity index (χ2n) is 6.76. The molecule has 1 aliphatic rings. The lowest BCUT2D eigenvalue weighted by molar-refractivity contribution is -0.138. The number of unbranched alkanes of at least 4 members (excludes halogenated alkanes) is 2. The van der Waals surface area contributed by atoms with Crippen LogP contribution in [0.25, 0.3) is 0 Å². The molecule has 1 amide bonds. The smallest absolute Gasteiger partial charge is 0.305 e. The molecule has 1 aromatic rings. The summed E-state index contributed by atoms with van der Waals surface area (Å²) in [7, 11) is 0. The SMILES string of the molecule is O=C(O)CC(NC(=O)CCCCCn1cc(CO)nn1)C1CCCC1. The van der Waals surface area contributed by atoms with Crippen molar-refractivity contribution in [3.05, 3.63) is 11.9 Å². The van der Waals surface area contributed by atoms with Gasteiger partial charge in [-0.3, -0.25) is 14.3 Å². The van der Waals surface area contributed by atoms with Crippen LogP contribution in [0.4, 0.5) is 0 Å². The molecule has 2 rings (SSSR count).